The van der Waals surface area contributed by atoms with Crippen LogP contribution in [0.4, 0.5) is 0 Å². The lowest BCUT2D eigenvalue weighted by Gasteiger charge is -2.34. The molecular formula is C13H14N2O2. The van der Waals surface area contributed by atoms with Gasteiger partial charge in [0.1, 0.15) is 5.75 Å². The third kappa shape index (κ3) is 1.80. The fourth-order valence-electron chi connectivity index (χ4n) is 2.19. The Balaban J connectivity index is 1.80. The molecule has 0 saturated carbocycles. The minimum atomic E-state index is -0.128. The molecule has 17 heavy (non-hydrogen) atoms. The van der Waals surface area contributed by atoms with Crippen LogP contribution in [0.25, 0.3) is 10.9 Å². The first-order valence-electron chi connectivity index (χ1n) is 5.70. The summed E-state index contributed by atoms with van der Waals surface area (Å²) in [6.07, 6.45) is 1.85. The molecule has 1 aliphatic heterocycles. The van der Waals surface area contributed by atoms with E-state index < -0.39 is 0 Å². The maximum Gasteiger partial charge on any atom is 0.316 e. The summed E-state index contributed by atoms with van der Waals surface area (Å²) < 4.78 is 5.45. The van der Waals surface area contributed by atoms with E-state index in [0.717, 1.165) is 24.0 Å². The minimum absolute atomic E-state index is 0.0224. The number of carbonyl (C=O) groups excluding carboxylic acids is 1. The fourth-order valence-corrected chi connectivity index (χ4v) is 2.19. The van der Waals surface area contributed by atoms with Gasteiger partial charge in [0.25, 0.3) is 0 Å². The standard InChI is InChI=1S/C13H14N2O2/c1-15-7-9(8-15)13(16)17-12-4-2-3-11-10(12)5-6-14-11/h2-6,9,14H,7-8H2,1H3. The molecule has 1 N–H and O–H groups in total. The summed E-state index contributed by atoms with van der Waals surface area (Å²) in [4.78, 5) is 17.0. The number of fused-ring (bicyclic) bond motifs is 1. The molecule has 0 amide bonds. The van der Waals surface area contributed by atoms with E-state index in [1.165, 1.54) is 0 Å². The Hall–Kier alpha value is -1.81. The quantitative estimate of drug-likeness (QED) is 0.630. The predicted octanol–water partition coefficient (Wildman–Crippen LogP) is 1.63. The monoisotopic (exact) mass is 230 g/mol. The van der Waals surface area contributed by atoms with E-state index in [-0.39, 0.29) is 11.9 Å². The Morgan fingerprint density at radius 1 is 1.41 bits per heavy atom. The summed E-state index contributed by atoms with van der Waals surface area (Å²) in [5.41, 5.74) is 0.987. The highest BCUT2D eigenvalue weighted by atomic mass is 16.5. The molecule has 4 heteroatoms. The molecule has 1 fully saturated rings. The number of hydrogen-bond acceptors (Lipinski definition) is 3. The Morgan fingerprint density at radius 3 is 3.00 bits per heavy atom. The molecule has 3 rings (SSSR count). The van der Waals surface area contributed by atoms with Crippen LogP contribution >= 0.6 is 0 Å². The van der Waals surface area contributed by atoms with Crippen LogP contribution in [0.5, 0.6) is 5.75 Å². The van der Waals surface area contributed by atoms with Crippen molar-refractivity contribution in [2.75, 3.05) is 20.1 Å². The number of H-pyrrole nitrogens is 1. The molecule has 0 spiro atoms. The molecule has 0 aliphatic carbocycles. The lowest BCUT2D eigenvalue weighted by molar-refractivity contribution is -0.143. The van der Waals surface area contributed by atoms with E-state index in [1.54, 1.807) is 0 Å². The highest BCUT2D eigenvalue weighted by Crippen LogP contribution is 2.26. The van der Waals surface area contributed by atoms with Gasteiger partial charge in [-0.3, -0.25) is 4.79 Å². The number of esters is 1. The van der Waals surface area contributed by atoms with Crippen LogP contribution in [0.3, 0.4) is 0 Å². The van der Waals surface area contributed by atoms with Gasteiger partial charge in [-0.1, -0.05) is 6.07 Å². The van der Waals surface area contributed by atoms with Crippen molar-refractivity contribution in [3.8, 4) is 5.75 Å². The second kappa shape index (κ2) is 3.89. The second-order valence-corrected chi connectivity index (χ2v) is 4.53. The van der Waals surface area contributed by atoms with Crippen LogP contribution in [0, 0.1) is 5.92 Å². The zero-order valence-corrected chi connectivity index (χ0v) is 9.64. The number of benzene rings is 1. The Morgan fingerprint density at radius 2 is 2.24 bits per heavy atom. The Kier molecular flexibility index (Phi) is 2.37. The number of aromatic nitrogens is 1. The van der Waals surface area contributed by atoms with Crippen LogP contribution in [-0.2, 0) is 4.79 Å². The summed E-state index contributed by atoms with van der Waals surface area (Å²) in [5.74, 6) is 0.536. The van der Waals surface area contributed by atoms with Gasteiger partial charge in [0, 0.05) is 30.2 Å². The van der Waals surface area contributed by atoms with E-state index in [9.17, 15) is 4.79 Å². The van der Waals surface area contributed by atoms with Crippen LogP contribution in [-0.4, -0.2) is 36.0 Å². The van der Waals surface area contributed by atoms with Gasteiger partial charge in [-0.05, 0) is 25.2 Å². The third-order valence-corrected chi connectivity index (χ3v) is 3.16. The number of nitrogens with one attached hydrogen (secondary N) is 1. The molecule has 1 saturated heterocycles. The van der Waals surface area contributed by atoms with Gasteiger partial charge in [-0.15, -0.1) is 0 Å². The van der Waals surface area contributed by atoms with E-state index in [1.807, 2.05) is 37.5 Å². The summed E-state index contributed by atoms with van der Waals surface area (Å²) in [6, 6.07) is 7.60. The van der Waals surface area contributed by atoms with Crippen molar-refractivity contribution in [2.45, 2.75) is 0 Å². The summed E-state index contributed by atoms with van der Waals surface area (Å²) >= 11 is 0. The smallest absolute Gasteiger partial charge is 0.316 e. The molecule has 0 radical (unpaired) electrons. The number of hydrogen-bond donors (Lipinski definition) is 1. The average Bonchev–Trinajstić information content (AvgIpc) is 2.74. The van der Waals surface area contributed by atoms with Crippen molar-refractivity contribution in [1.29, 1.82) is 0 Å². The zero-order chi connectivity index (χ0) is 11.8. The van der Waals surface area contributed by atoms with E-state index >= 15 is 0 Å². The number of aromatic amines is 1. The van der Waals surface area contributed by atoms with Crippen LogP contribution in [0.15, 0.2) is 30.5 Å². The zero-order valence-electron chi connectivity index (χ0n) is 9.64. The largest absolute Gasteiger partial charge is 0.426 e. The maximum absolute atomic E-state index is 11.8. The van der Waals surface area contributed by atoms with Gasteiger partial charge >= 0.3 is 5.97 Å². The van der Waals surface area contributed by atoms with Gasteiger partial charge in [-0.25, -0.2) is 0 Å². The maximum atomic E-state index is 11.8. The van der Waals surface area contributed by atoms with Gasteiger partial charge in [0.15, 0.2) is 0 Å². The molecule has 0 atom stereocenters. The minimum Gasteiger partial charge on any atom is -0.426 e. The first kappa shape index (κ1) is 10.4. The molecule has 2 heterocycles. The highest BCUT2D eigenvalue weighted by Gasteiger charge is 2.31. The van der Waals surface area contributed by atoms with Crippen LogP contribution < -0.4 is 4.74 Å². The number of nitrogens with zero attached hydrogens (tertiary/aromatic N) is 1. The highest BCUT2D eigenvalue weighted by molar-refractivity contribution is 5.89. The molecule has 0 unspecified atom stereocenters. The van der Waals surface area contributed by atoms with Crippen LogP contribution in [0.2, 0.25) is 0 Å². The van der Waals surface area contributed by atoms with Crippen molar-refractivity contribution in [2.24, 2.45) is 5.92 Å². The van der Waals surface area contributed by atoms with Crippen molar-refractivity contribution in [3.63, 3.8) is 0 Å². The SMILES string of the molecule is CN1CC(C(=O)Oc2cccc3[nH]ccc23)C1. The summed E-state index contributed by atoms with van der Waals surface area (Å²) in [5, 5.41) is 0.952. The van der Waals surface area contributed by atoms with E-state index in [4.69, 9.17) is 4.74 Å². The lowest BCUT2D eigenvalue weighted by Crippen LogP contribution is -2.49. The first-order chi connectivity index (χ1) is 8.24. The van der Waals surface area contributed by atoms with Gasteiger partial charge in [-0.2, -0.15) is 0 Å². The fraction of sp³-hybridized carbons (Fsp3) is 0.308. The number of rotatable bonds is 2. The second-order valence-electron chi connectivity index (χ2n) is 4.53. The molecule has 1 aliphatic rings. The van der Waals surface area contributed by atoms with Gasteiger partial charge in [0.05, 0.1) is 5.92 Å². The number of likely N-dealkylation sites (tertiary alicyclic amines) is 1. The molecule has 2 aromatic rings. The predicted molar refractivity (Wildman–Crippen MR) is 64.9 cm³/mol. The third-order valence-electron chi connectivity index (χ3n) is 3.16. The van der Waals surface area contributed by atoms with Gasteiger partial charge < -0.3 is 14.6 Å². The molecule has 88 valence electrons. The van der Waals surface area contributed by atoms with Crippen LogP contribution in [0.1, 0.15) is 0 Å². The molecule has 4 nitrogen and oxygen atoms in total. The molecular weight excluding hydrogens is 216 g/mol. The van der Waals surface area contributed by atoms with Crippen molar-refractivity contribution in [3.05, 3.63) is 30.5 Å². The first-order valence-corrected chi connectivity index (χ1v) is 5.70. The number of ether oxygens (including phenoxy) is 1. The van der Waals surface area contributed by atoms with Crippen molar-refractivity contribution >= 4 is 16.9 Å². The van der Waals surface area contributed by atoms with Crippen molar-refractivity contribution in [1.82, 2.24) is 9.88 Å². The summed E-state index contributed by atoms with van der Waals surface area (Å²) in [6.45, 7) is 1.59. The topological polar surface area (TPSA) is 45.3 Å². The molecule has 1 aromatic carbocycles. The normalized spacial score (nSPS) is 17.0. The molecule has 1 aromatic heterocycles. The van der Waals surface area contributed by atoms with Gasteiger partial charge in [0.2, 0.25) is 0 Å². The Bertz CT molecular complexity index is 555. The summed E-state index contributed by atoms with van der Waals surface area (Å²) in [7, 11) is 2.00. The Labute approximate surface area is 99.2 Å². The van der Waals surface area contributed by atoms with Crippen molar-refractivity contribution < 1.29 is 9.53 Å². The number of carbonyl (C=O) groups is 1. The molecule has 0 bridgehead atoms. The lowest BCUT2D eigenvalue weighted by atomic mass is 10.0. The average molecular weight is 230 g/mol. The van der Waals surface area contributed by atoms with E-state index in [2.05, 4.69) is 9.88 Å². The van der Waals surface area contributed by atoms with E-state index in [0.29, 0.717) is 5.75 Å².